The summed E-state index contributed by atoms with van der Waals surface area (Å²) in [6, 6.07) is 0. The van der Waals surface area contributed by atoms with Crippen LogP contribution in [-0.2, 0) is 9.53 Å². The molecular formula is C17H30O2. The second kappa shape index (κ2) is 7.12. The molecule has 0 N–H and O–H groups in total. The number of ether oxygens (including phenoxy) is 1. The molecule has 0 aromatic rings. The van der Waals surface area contributed by atoms with Gasteiger partial charge in [-0.2, -0.15) is 0 Å². The van der Waals surface area contributed by atoms with Crippen molar-refractivity contribution in [2.24, 2.45) is 11.3 Å². The summed E-state index contributed by atoms with van der Waals surface area (Å²) in [6.45, 7) is 10.6. The van der Waals surface area contributed by atoms with E-state index >= 15 is 0 Å². The van der Waals surface area contributed by atoms with Gasteiger partial charge in [-0.05, 0) is 56.8 Å². The van der Waals surface area contributed by atoms with E-state index in [1.165, 1.54) is 25.3 Å². The zero-order chi connectivity index (χ0) is 14.5. The SMILES string of the molecule is CC(=O)O[C@@H]1CCC(C)(C)C/C=C(/C)CCC[C@H]1C. The molecule has 0 amide bonds. The lowest BCUT2D eigenvalue weighted by Crippen LogP contribution is -2.26. The maximum Gasteiger partial charge on any atom is 0.302 e. The van der Waals surface area contributed by atoms with Crippen LogP contribution in [0.15, 0.2) is 11.6 Å². The number of hydrogen-bond donors (Lipinski definition) is 0. The van der Waals surface area contributed by atoms with Gasteiger partial charge < -0.3 is 4.74 Å². The van der Waals surface area contributed by atoms with Crippen molar-refractivity contribution in [3.8, 4) is 0 Å². The topological polar surface area (TPSA) is 26.3 Å². The first-order chi connectivity index (χ1) is 8.80. The normalized spacial score (nSPS) is 31.7. The minimum Gasteiger partial charge on any atom is -0.462 e. The molecule has 0 aromatic carbocycles. The number of carbonyl (C=O) groups is 1. The molecule has 0 bridgehead atoms. The monoisotopic (exact) mass is 266 g/mol. The Morgan fingerprint density at radius 1 is 1.37 bits per heavy atom. The molecule has 19 heavy (non-hydrogen) atoms. The number of carbonyl (C=O) groups excluding carboxylic acids is 1. The molecule has 0 aromatic heterocycles. The summed E-state index contributed by atoms with van der Waals surface area (Å²) < 4.78 is 5.54. The predicted molar refractivity (Wildman–Crippen MR) is 80.0 cm³/mol. The summed E-state index contributed by atoms with van der Waals surface area (Å²) in [6.07, 6.45) is 9.23. The Hall–Kier alpha value is -0.790. The molecule has 0 radical (unpaired) electrons. The number of esters is 1. The number of allylic oxidation sites excluding steroid dienone is 2. The van der Waals surface area contributed by atoms with Crippen LogP contribution < -0.4 is 0 Å². The Morgan fingerprint density at radius 3 is 2.68 bits per heavy atom. The van der Waals surface area contributed by atoms with Crippen molar-refractivity contribution in [1.29, 1.82) is 0 Å². The smallest absolute Gasteiger partial charge is 0.302 e. The highest BCUT2D eigenvalue weighted by atomic mass is 16.5. The number of hydrogen-bond acceptors (Lipinski definition) is 2. The quantitative estimate of drug-likeness (QED) is 0.499. The second-order valence-electron chi connectivity index (χ2n) is 6.97. The maximum absolute atomic E-state index is 11.3. The zero-order valence-corrected chi connectivity index (χ0v) is 13.3. The van der Waals surface area contributed by atoms with Crippen molar-refractivity contribution >= 4 is 5.97 Å². The Kier molecular flexibility index (Phi) is 6.09. The third-order valence-electron chi connectivity index (χ3n) is 4.29. The van der Waals surface area contributed by atoms with Crippen LogP contribution in [0.5, 0.6) is 0 Å². The molecule has 110 valence electrons. The molecule has 1 aliphatic carbocycles. The van der Waals surface area contributed by atoms with Crippen LogP contribution in [0.2, 0.25) is 0 Å². The van der Waals surface area contributed by atoms with E-state index in [4.69, 9.17) is 4.74 Å². The van der Waals surface area contributed by atoms with Gasteiger partial charge in [0.05, 0.1) is 0 Å². The zero-order valence-electron chi connectivity index (χ0n) is 13.3. The number of rotatable bonds is 1. The Bertz CT molecular complexity index is 328. The lowest BCUT2D eigenvalue weighted by Gasteiger charge is -2.28. The molecule has 0 fully saturated rings. The minimum atomic E-state index is -0.140. The fraction of sp³-hybridized carbons (Fsp3) is 0.824. The van der Waals surface area contributed by atoms with Gasteiger partial charge in [-0.3, -0.25) is 4.79 Å². The third-order valence-corrected chi connectivity index (χ3v) is 4.29. The minimum absolute atomic E-state index is 0.0928. The highest BCUT2D eigenvalue weighted by molar-refractivity contribution is 5.66. The van der Waals surface area contributed by atoms with Crippen molar-refractivity contribution in [2.45, 2.75) is 79.2 Å². The van der Waals surface area contributed by atoms with Crippen molar-refractivity contribution in [2.75, 3.05) is 0 Å². The summed E-state index contributed by atoms with van der Waals surface area (Å²) in [7, 11) is 0. The summed E-state index contributed by atoms with van der Waals surface area (Å²) in [5.41, 5.74) is 1.80. The van der Waals surface area contributed by atoms with Gasteiger partial charge in [0.1, 0.15) is 6.10 Å². The predicted octanol–water partition coefficient (Wildman–Crippen LogP) is 4.88. The molecule has 2 atom stereocenters. The molecule has 0 aliphatic heterocycles. The van der Waals surface area contributed by atoms with Gasteiger partial charge >= 0.3 is 5.97 Å². The van der Waals surface area contributed by atoms with E-state index in [1.54, 1.807) is 0 Å². The van der Waals surface area contributed by atoms with Gasteiger partial charge in [-0.25, -0.2) is 0 Å². The van der Waals surface area contributed by atoms with E-state index in [0.29, 0.717) is 11.3 Å². The summed E-state index contributed by atoms with van der Waals surface area (Å²) >= 11 is 0. The van der Waals surface area contributed by atoms with Gasteiger partial charge in [-0.15, -0.1) is 0 Å². The standard InChI is InChI=1S/C17H30O2/c1-13-7-6-8-14(2)16(19-15(3)18)10-12-17(4,5)11-9-13/h9,14,16H,6-8,10-12H2,1-5H3/b13-9-/t14-,16-/m1/s1. The first-order valence-electron chi connectivity index (χ1n) is 7.63. The fourth-order valence-corrected chi connectivity index (χ4v) is 2.75. The van der Waals surface area contributed by atoms with Gasteiger partial charge in [0.25, 0.3) is 0 Å². The van der Waals surface area contributed by atoms with Crippen molar-refractivity contribution in [1.82, 2.24) is 0 Å². The summed E-state index contributed by atoms with van der Waals surface area (Å²) in [4.78, 5) is 11.3. The largest absolute Gasteiger partial charge is 0.462 e. The van der Waals surface area contributed by atoms with E-state index in [9.17, 15) is 4.79 Å². The second-order valence-corrected chi connectivity index (χ2v) is 6.97. The Labute approximate surface area is 118 Å². The van der Waals surface area contributed by atoms with Crippen LogP contribution in [0.3, 0.4) is 0 Å². The van der Waals surface area contributed by atoms with Crippen molar-refractivity contribution < 1.29 is 9.53 Å². The molecular weight excluding hydrogens is 236 g/mol. The molecule has 1 aliphatic rings. The van der Waals surface area contributed by atoms with Crippen molar-refractivity contribution in [3.05, 3.63) is 11.6 Å². The van der Waals surface area contributed by atoms with E-state index in [1.807, 2.05) is 0 Å². The van der Waals surface area contributed by atoms with Gasteiger partial charge in [0.15, 0.2) is 0 Å². The Balaban J connectivity index is 2.75. The molecule has 0 saturated heterocycles. The molecule has 2 nitrogen and oxygen atoms in total. The summed E-state index contributed by atoms with van der Waals surface area (Å²) in [5.74, 6) is 0.324. The summed E-state index contributed by atoms with van der Waals surface area (Å²) in [5, 5.41) is 0. The molecule has 2 heteroatoms. The lowest BCUT2D eigenvalue weighted by atomic mass is 9.81. The van der Waals surface area contributed by atoms with Crippen LogP contribution >= 0.6 is 0 Å². The highest BCUT2D eigenvalue weighted by Crippen LogP contribution is 2.32. The van der Waals surface area contributed by atoms with Gasteiger partial charge in [0.2, 0.25) is 0 Å². The molecule has 0 unspecified atom stereocenters. The maximum atomic E-state index is 11.3. The van der Waals surface area contributed by atoms with E-state index in [-0.39, 0.29) is 12.1 Å². The molecule has 0 heterocycles. The molecule has 0 saturated carbocycles. The molecule has 0 spiro atoms. The first kappa shape index (κ1) is 16.3. The van der Waals surface area contributed by atoms with Gasteiger partial charge in [-0.1, -0.05) is 32.4 Å². The molecule has 1 rings (SSSR count). The van der Waals surface area contributed by atoms with Crippen LogP contribution in [0.4, 0.5) is 0 Å². The first-order valence-corrected chi connectivity index (χ1v) is 7.63. The van der Waals surface area contributed by atoms with E-state index < -0.39 is 0 Å². The van der Waals surface area contributed by atoms with Gasteiger partial charge in [0, 0.05) is 6.92 Å². The third kappa shape index (κ3) is 6.26. The lowest BCUT2D eigenvalue weighted by molar-refractivity contribution is -0.149. The Morgan fingerprint density at radius 2 is 2.05 bits per heavy atom. The van der Waals surface area contributed by atoms with Crippen LogP contribution in [0.1, 0.15) is 73.1 Å². The average Bonchev–Trinajstić information content (AvgIpc) is 2.32. The van der Waals surface area contributed by atoms with E-state index in [2.05, 4.69) is 33.8 Å². The fourth-order valence-electron chi connectivity index (χ4n) is 2.75. The van der Waals surface area contributed by atoms with Crippen LogP contribution in [0, 0.1) is 11.3 Å². The highest BCUT2D eigenvalue weighted by Gasteiger charge is 2.25. The van der Waals surface area contributed by atoms with Crippen molar-refractivity contribution in [3.63, 3.8) is 0 Å². The van der Waals surface area contributed by atoms with E-state index in [0.717, 1.165) is 25.7 Å². The van der Waals surface area contributed by atoms with Crippen LogP contribution in [0.25, 0.3) is 0 Å². The van der Waals surface area contributed by atoms with Crippen LogP contribution in [-0.4, -0.2) is 12.1 Å². The average molecular weight is 266 g/mol.